The molecule has 106 valence electrons. The van der Waals surface area contributed by atoms with Crippen LogP contribution in [0.3, 0.4) is 0 Å². The van der Waals surface area contributed by atoms with Crippen LogP contribution in [0.2, 0.25) is 0 Å². The summed E-state index contributed by atoms with van der Waals surface area (Å²) < 4.78 is 0. The molecule has 2 nitrogen and oxygen atoms in total. The van der Waals surface area contributed by atoms with Gasteiger partial charge in [-0.05, 0) is 56.3 Å². The molecule has 0 aromatic heterocycles. The van der Waals surface area contributed by atoms with Crippen molar-refractivity contribution >= 4 is 0 Å². The zero-order valence-corrected chi connectivity index (χ0v) is 12.6. The number of rotatable bonds is 4. The summed E-state index contributed by atoms with van der Waals surface area (Å²) in [5.41, 5.74) is 3.34. The third kappa shape index (κ3) is 3.50. The van der Waals surface area contributed by atoms with Crippen molar-refractivity contribution in [2.75, 3.05) is 6.54 Å². The lowest BCUT2D eigenvalue weighted by molar-refractivity contribution is 0.131. The molecule has 0 radical (unpaired) electrons. The summed E-state index contributed by atoms with van der Waals surface area (Å²) in [5.74, 6) is 0.451. The fraction of sp³-hybridized carbons (Fsp3) is 0.647. The number of phenols is 1. The number of piperidine rings is 1. The highest BCUT2D eigenvalue weighted by molar-refractivity contribution is 5.42. The Balaban J connectivity index is 2.10. The molecule has 0 aliphatic carbocycles. The minimum absolute atomic E-state index is 0.451. The number of benzene rings is 1. The lowest BCUT2D eigenvalue weighted by atomic mass is 9.97. The van der Waals surface area contributed by atoms with Gasteiger partial charge in [-0.25, -0.2) is 0 Å². The first-order valence-corrected chi connectivity index (χ1v) is 7.65. The zero-order valence-electron chi connectivity index (χ0n) is 12.6. The Hall–Kier alpha value is -1.02. The van der Waals surface area contributed by atoms with Crippen molar-refractivity contribution in [2.45, 2.75) is 65.5 Å². The van der Waals surface area contributed by atoms with E-state index in [1.54, 1.807) is 0 Å². The topological polar surface area (TPSA) is 23.5 Å². The molecular weight excluding hydrogens is 234 g/mol. The third-order valence-corrected chi connectivity index (χ3v) is 4.31. The number of nitrogens with zero attached hydrogens (tertiary/aromatic N) is 1. The van der Waals surface area contributed by atoms with Gasteiger partial charge in [0, 0.05) is 12.6 Å². The van der Waals surface area contributed by atoms with Crippen LogP contribution in [-0.2, 0) is 6.54 Å². The Labute approximate surface area is 117 Å². The molecule has 0 amide bonds. The largest absolute Gasteiger partial charge is 0.507 e. The Morgan fingerprint density at radius 3 is 2.53 bits per heavy atom. The van der Waals surface area contributed by atoms with Gasteiger partial charge in [0.15, 0.2) is 0 Å². The molecule has 19 heavy (non-hydrogen) atoms. The summed E-state index contributed by atoms with van der Waals surface area (Å²) in [6.45, 7) is 8.52. The summed E-state index contributed by atoms with van der Waals surface area (Å²) in [7, 11) is 0. The zero-order chi connectivity index (χ0) is 13.8. The Morgan fingerprint density at radius 1 is 1.21 bits per heavy atom. The average Bonchev–Trinajstić information content (AvgIpc) is 2.38. The predicted molar refractivity (Wildman–Crippen MR) is 80.5 cm³/mol. The first-order chi connectivity index (χ1) is 9.11. The average molecular weight is 261 g/mol. The third-order valence-electron chi connectivity index (χ3n) is 4.31. The van der Waals surface area contributed by atoms with E-state index < -0.39 is 0 Å². The minimum atomic E-state index is 0.451. The molecule has 1 aliphatic rings. The van der Waals surface area contributed by atoms with Crippen molar-refractivity contribution in [3.8, 4) is 5.75 Å². The monoisotopic (exact) mass is 261 g/mol. The standard InChI is InChI=1S/C17H27NO/c1-4-7-16-8-5-6-9-18(16)12-15-10-13(2)17(19)14(3)11-15/h10-11,16,19H,4-9,12H2,1-3H3. The molecule has 2 heteroatoms. The van der Waals surface area contributed by atoms with Gasteiger partial charge >= 0.3 is 0 Å². The number of likely N-dealkylation sites (tertiary alicyclic amines) is 1. The second-order valence-corrected chi connectivity index (χ2v) is 5.99. The summed E-state index contributed by atoms with van der Waals surface area (Å²) in [4.78, 5) is 2.64. The minimum Gasteiger partial charge on any atom is -0.507 e. The smallest absolute Gasteiger partial charge is 0.121 e. The van der Waals surface area contributed by atoms with E-state index in [1.807, 2.05) is 13.8 Å². The van der Waals surface area contributed by atoms with Crippen molar-refractivity contribution in [1.82, 2.24) is 4.90 Å². The van der Waals surface area contributed by atoms with Crippen molar-refractivity contribution in [3.63, 3.8) is 0 Å². The van der Waals surface area contributed by atoms with Gasteiger partial charge in [0.25, 0.3) is 0 Å². The Kier molecular flexibility index (Phi) is 4.87. The van der Waals surface area contributed by atoms with Crippen LogP contribution >= 0.6 is 0 Å². The van der Waals surface area contributed by atoms with Crippen LogP contribution in [0.25, 0.3) is 0 Å². The second-order valence-electron chi connectivity index (χ2n) is 5.99. The molecule has 1 saturated heterocycles. The van der Waals surface area contributed by atoms with E-state index in [4.69, 9.17) is 0 Å². The van der Waals surface area contributed by atoms with Crippen LogP contribution < -0.4 is 0 Å². The molecule has 1 fully saturated rings. The van der Waals surface area contributed by atoms with Crippen LogP contribution in [0.5, 0.6) is 5.75 Å². The predicted octanol–water partition coefficient (Wildman–Crippen LogP) is 4.16. The summed E-state index contributed by atoms with van der Waals surface area (Å²) in [6.07, 6.45) is 6.65. The van der Waals surface area contributed by atoms with E-state index in [-0.39, 0.29) is 0 Å². The van der Waals surface area contributed by atoms with Gasteiger partial charge in [0.05, 0.1) is 0 Å². The Bertz CT molecular complexity index is 402. The second kappa shape index (κ2) is 6.42. The molecule has 0 bridgehead atoms. The maximum atomic E-state index is 9.86. The normalized spacial score (nSPS) is 20.7. The lowest BCUT2D eigenvalue weighted by Gasteiger charge is -2.36. The van der Waals surface area contributed by atoms with E-state index in [0.717, 1.165) is 23.7 Å². The number of aryl methyl sites for hydroxylation is 2. The highest BCUT2D eigenvalue weighted by atomic mass is 16.3. The maximum Gasteiger partial charge on any atom is 0.121 e. The van der Waals surface area contributed by atoms with Crippen molar-refractivity contribution < 1.29 is 5.11 Å². The summed E-state index contributed by atoms with van der Waals surface area (Å²) in [5, 5.41) is 9.86. The molecule has 1 aliphatic heterocycles. The molecule has 1 unspecified atom stereocenters. The quantitative estimate of drug-likeness (QED) is 0.879. The molecule has 1 atom stereocenters. The van der Waals surface area contributed by atoms with Gasteiger partial charge in [0.2, 0.25) is 0 Å². The van der Waals surface area contributed by atoms with Crippen molar-refractivity contribution in [1.29, 1.82) is 0 Å². The van der Waals surface area contributed by atoms with Crippen molar-refractivity contribution in [3.05, 3.63) is 28.8 Å². The van der Waals surface area contributed by atoms with Crippen LogP contribution in [0, 0.1) is 13.8 Å². The molecule has 1 aromatic carbocycles. The first-order valence-electron chi connectivity index (χ1n) is 7.65. The van der Waals surface area contributed by atoms with Crippen molar-refractivity contribution in [2.24, 2.45) is 0 Å². The number of phenolic OH excluding ortho intramolecular Hbond substituents is 1. The van der Waals surface area contributed by atoms with Crippen LogP contribution in [0.4, 0.5) is 0 Å². The Morgan fingerprint density at radius 2 is 1.89 bits per heavy atom. The molecule has 1 aromatic rings. The van der Waals surface area contributed by atoms with Crippen LogP contribution in [0.1, 0.15) is 55.7 Å². The molecule has 0 saturated carbocycles. The number of hydrogen-bond acceptors (Lipinski definition) is 2. The SMILES string of the molecule is CCCC1CCCCN1Cc1cc(C)c(O)c(C)c1. The van der Waals surface area contributed by atoms with E-state index >= 15 is 0 Å². The number of aromatic hydroxyl groups is 1. The van der Waals surface area contributed by atoms with Gasteiger partial charge < -0.3 is 5.11 Å². The van der Waals surface area contributed by atoms with Gasteiger partial charge in [0.1, 0.15) is 5.75 Å². The van der Waals surface area contributed by atoms with E-state index in [9.17, 15) is 5.11 Å². The highest BCUT2D eigenvalue weighted by Gasteiger charge is 2.21. The number of hydrogen-bond donors (Lipinski definition) is 1. The fourth-order valence-corrected chi connectivity index (χ4v) is 3.30. The van der Waals surface area contributed by atoms with E-state index in [1.165, 1.54) is 44.2 Å². The van der Waals surface area contributed by atoms with E-state index in [2.05, 4.69) is 24.0 Å². The molecule has 2 rings (SSSR count). The molecule has 1 heterocycles. The lowest BCUT2D eigenvalue weighted by Crippen LogP contribution is -2.38. The van der Waals surface area contributed by atoms with Crippen LogP contribution in [-0.4, -0.2) is 22.6 Å². The van der Waals surface area contributed by atoms with Crippen LogP contribution in [0.15, 0.2) is 12.1 Å². The molecular formula is C17H27NO. The summed E-state index contributed by atoms with van der Waals surface area (Å²) in [6, 6.07) is 5.04. The highest BCUT2D eigenvalue weighted by Crippen LogP contribution is 2.27. The summed E-state index contributed by atoms with van der Waals surface area (Å²) >= 11 is 0. The molecule has 0 spiro atoms. The van der Waals surface area contributed by atoms with Gasteiger partial charge in [-0.3, -0.25) is 4.90 Å². The van der Waals surface area contributed by atoms with E-state index in [0.29, 0.717) is 5.75 Å². The fourth-order valence-electron chi connectivity index (χ4n) is 3.30. The maximum absolute atomic E-state index is 9.86. The molecule has 1 N–H and O–H groups in total. The van der Waals surface area contributed by atoms with Gasteiger partial charge in [-0.1, -0.05) is 31.9 Å². The van der Waals surface area contributed by atoms with Gasteiger partial charge in [-0.15, -0.1) is 0 Å². The van der Waals surface area contributed by atoms with Gasteiger partial charge in [-0.2, -0.15) is 0 Å². The first kappa shape index (κ1) is 14.4.